The second-order valence-corrected chi connectivity index (χ2v) is 12.4. The van der Waals surface area contributed by atoms with Gasteiger partial charge in [0.2, 0.25) is 0 Å². The standard InChI is InChI=1S/C29H56O6.C6H10O4/c1-3-5-22-29(4-2,28(34)35-25-26(31)24-30)23-20-18-16-14-12-10-8-6-7-9-11-13-15-17-19-21-27(32)33;7-5(8)3-1-2-4-6(9)10/h26,30-31H,3-25H2,1-2H3,(H,32,33);1-4H2,(H,7,8)(H,9,10). The van der Waals surface area contributed by atoms with Crippen LogP contribution >= 0.6 is 0 Å². The Morgan fingerprint density at radius 1 is 0.556 bits per heavy atom. The number of carbonyl (C=O) groups is 4. The molecule has 0 heterocycles. The smallest absolute Gasteiger partial charge is 0.312 e. The molecular formula is C35H66O10. The molecule has 0 aliphatic heterocycles. The first-order valence-corrected chi connectivity index (χ1v) is 17.7. The van der Waals surface area contributed by atoms with Crippen LogP contribution in [0, 0.1) is 5.41 Å². The molecule has 0 aliphatic carbocycles. The Hall–Kier alpha value is -2.20. The van der Waals surface area contributed by atoms with Crippen molar-refractivity contribution in [3.63, 3.8) is 0 Å². The Balaban J connectivity index is 0. The zero-order valence-corrected chi connectivity index (χ0v) is 28.4. The number of carbonyl (C=O) groups excluding carboxylic acids is 1. The lowest BCUT2D eigenvalue weighted by molar-refractivity contribution is -0.161. The molecule has 0 rings (SSSR count). The Morgan fingerprint density at radius 3 is 1.22 bits per heavy atom. The van der Waals surface area contributed by atoms with Crippen molar-refractivity contribution in [1.29, 1.82) is 0 Å². The van der Waals surface area contributed by atoms with Crippen molar-refractivity contribution in [1.82, 2.24) is 0 Å². The number of aliphatic hydroxyl groups is 2. The molecule has 0 aliphatic rings. The molecule has 0 saturated heterocycles. The third kappa shape index (κ3) is 30.2. The van der Waals surface area contributed by atoms with Crippen LogP contribution in [0.3, 0.4) is 0 Å². The zero-order valence-electron chi connectivity index (χ0n) is 28.4. The molecule has 0 aromatic carbocycles. The monoisotopic (exact) mass is 646 g/mol. The third-order valence-corrected chi connectivity index (χ3v) is 8.31. The number of rotatable bonds is 31. The van der Waals surface area contributed by atoms with E-state index in [9.17, 15) is 24.3 Å². The molecule has 266 valence electrons. The molecule has 0 fully saturated rings. The number of hydrogen-bond acceptors (Lipinski definition) is 7. The van der Waals surface area contributed by atoms with Gasteiger partial charge in [-0.1, -0.05) is 117 Å². The zero-order chi connectivity index (χ0) is 34.2. The summed E-state index contributed by atoms with van der Waals surface area (Å²) in [5, 5.41) is 43.4. The van der Waals surface area contributed by atoms with E-state index in [0.29, 0.717) is 19.3 Å². The topological polar surface area (TPSA) is 179 Å². The Labute approximate surface area is 272 Å². The van der Waals surface area contributed by atoms with Crippen LogP contribution in [0.15, 0.2) is 0 Å². The van der Waals surface area contributed by atoms with Gasteiger partial charge >= 0.3 is 23.9 Å². The van der Waals surface area contributed by atoms with E-state index in [4.69, 9.17) is 25.2 Å². The van der Waals surface area contributed by atoms with E-state index in [2.05, 4.69) is 13.8 Å². The van der Waals surface area contributed by atoms with Gasteiger partial charge in [0.1, 0.15) is 12.7 Å². The fraction of sp³-hybridized carbons (Fsp3) is 0.886. The van der Waals surface area contributed by atoms with Crippen LogP contribution in [0.5, 0.6) is 0 Å². The highest BCUT2D eigenvalue weighted by molar-refractivity contribution is 5.76. The highest BCUT2D eigenvalue weighted by Crippen LogP contribution is 2.36. The van der Waals surface area contributed by atoms with Crippen LogP contribution in [0.2, 0.25) is 0 Å². The number of hydrogen-bond donors (Lipinski definition) is 5. The maximum Gasteiger partial charge on any atom is 0.312 e. The minimum absolute atomic E-state index is 0.0628. The summed E-state index contributed by atoms with van der Waals surface area (Å²) >= 11 is 0. The number of carboxylic acid groups (broad SMARTS) is 3. The Bertz CT molecular complexity index is 726. The van der Waals surface area contributed by atoms with Crippen molar-refractivity contribution in [3.05, 3.63) is 0 Å². The molecule has 0 aromatic rings. The van der Waals surface area contributed by atoms with Gasteiger partial charge in [-0.15, -0.1) is 0 Å². The maximum absolute atomic E-state index is 12.8. The summed E-state index contributed by atoms with van der Waals surface area (Å²) in [6.45, 7) is 3.67. The maximum atomic E-state index is 12.8. The predicted molar refractivity (Wildman–Crippen MR) is 176 cm³/mol. The van der Waals surface area contributed by atoms with E-state index in [0.717, 1.165) is 57.8 Å². The average molecular weight is 647 g/mol. The second kappa shape index (κ2) is 31.8. The van der Waals surface area contributed by atoms with E-state index < -0.39 is 29.4 Å². The van der Waals surface area contributed by atoms with E-state index in [1.165, 1.54) is 70.6 Å². The van der Waals surface area contributed by atoms with Crippen LogP contribution in [-0.4, -0.2) is 68.7 Å². The first-order chi connectivity index (χ1) is 21.5. The largest absolute Gasteiger partial charge is 0.481 e. The predicted octanol–water partition coefficient (Wildman–Crippen LogP) is 7.90. The van der Waals surface area contributed by atoms with Gasteiger partial charge in [-0.25, -0.2) is 0 Å². The van der Waals surface area contributed by atoms with E-state index in [1.807, 2.05) is 0 Å². The lowest BCUT2D eigenvalue weighted by atomic mass is 9.76. The number of aliphatic carboxylic acids is 3. The van der Waals surface area contributed by atoms with Crippen LogP contribution in [0.4, 0.5) is 0 Å². The highest BCUT2D eigenvalue weighted by Gasteiger charge is 2.37. The van der Waals surface area contributed by atoms with Crippen molar-refractivity contribution in [2.45, 2.75) is 180 Å². The molecule has 45 heavy (non-hydrogen) atoms. The van der Waals surface area contributed by atoms with Crippen molar-refractivity contribution in [3.8, 4) is 0 Å². The van der Waals surface area contributed by atoms with E-state index >= 15 is 0 Å². The van der Waals surface area contributed by atoms with Gasteiger partial charge in [0, 0.05) is 19.3 Å². The van der Waals surface area contributed by atoms with Crippen molar-refractivity contribution in [2.24, 2.45) is 5.41 Å². The van der Waals surface area contributed by atoms with Crippen molar-refractivity contribution >= 4 is 23.9 Å². The Morgan fingerprint density at radius 2 is 0.889 bits per heavy atom. The lowest BCUT2D eigenvalue weighted by Gasteiger charge is -2.31. The highest BCUT2D eigenvalue weighted by atomic mass is 16.5. The minimum Gasteiger partial charge on any atom is -0.481 e. The number of esters is 1. The van der Waals surface area contributed by atoms with Gasteiger partial charge in [0.25, 0.3) is 0 Å². The first kappa shape index (κ1) is 44.9. The van der Waals surface area contributed by atoms with Crippen molar-refractivity contribution < 1.29 is 49.4 Å². The summed E-state index contributed by atoms with van der Waals surface area (Å²) in [5.74, 6) is -2.63. The summed E-state index contributed by atoms with van der Waals surface area (Å²) in [6, 6.07) is 0. The van der Waals surface area contributed by atoms with Gasteiger partial charge in [0.15, 0.2) is 0 Å². The molecule has 5 N–H and O–H groups in total. The summed E-state index contributed by atoms with van der Waals surface area (Å²) < 4.78 is 5.37. The molecule has 10 heteroatoms. The quantitative estimate of drug-likeness (QED) is 0.0367. The fourth-order valence-corrected chi connectivity index (χ4v) is 5.31. The normalized spacial score (nSPS) is 12.9. The van der Waals surface area contributed by atoms with Gasteiger partial charge in [-0.05, 0) is 38.5 Å². The van der Waals surface area contributed by atoms with Crippen LogP contribution in [0.1, 0.15) is 174 Å². The fourth-order valence-electron chi connectivity index (χ4n) is 5.31. The summed E-state index contributed by atoms with van der Waals surface area (Å²) in [6.07, 6.45) is 22.9. The molecule has 2 unspecified atom stereocenters. The van der Waals surface area contributed by atoms with Gasteiger partial charge < -0.3 is 30.3 Å². The average Bonchev–Trinajstić information content (AvgIpc) is 3.01. The first-order valence-electron chi connectivity index (χ1n) is 17.7. The second-order valence-electron chi connectivity index (χ2n) is 12.4. The van der Waals surface area contributed by atoms with Gasteiger partial charge in [-0.3, -0.25) is 19.2 Å². The molecule has 2 atom stereocenters. The van der Waals surface area contributed by atoms with Gasteiger partial charge in [-0.2, -0.15) is 0 Å². The van der Waals surface area contributed by atoms with Crippen LogP contribution in [0.25, 0.3) is 0 Å². The summed E-state index contributed by atoms with van der Waals surface area (Å²) in [4.78, 5) is 43.1. The van der Waals surface area contributed by atoms with Crippen LogP contribution in [-0.2, 0) is 23.9 Å². The molecule has 0 amide bonds. The number of ether oxygens (including phenoxy) is 1. The molecular weight excluding hydrogens is 580 g/mol. The third-order valence-electron chi connectivity index (χ3n) is 8.31. The lowest BCUT2D eigenvalue weighted by Crippen LogP contribution is -2.35. The van der Waals surface area contributed by atoms with E-state index in [-0.39, 0.29) is 32.0 Å². The van der Waals surface area contributed by atoms with Crippen molar-refractivity contribution in [2.75, 3.05) is 13.2 Å². The molecule has 0 aromatic heterocycles. The summed E-state index contributed by atoms with van der Waals surface area (Å²) in [7, 11) is 0. The summed E-state index contributed by atoms with van der Waals surface area (Å²) in [5.41, 5.74) is -0.455. The Kier molecular flexibility index (Phi) is 31.7. The molecule has 0 bridgehead atoms. The van der Waals surface area contributed by atoms with Crippen LogP contribution < -0.4 is 0 Å². The number of carboxylic acids is 3. The molecule has 10 nitrogen and oxygen atoms in total. The molecule has 0 saturated carbocycles. The molecule has 0 radical (unpaired) electrons. The SMILES string of the molecule is CCCCC(CC)(CCCCCCCCCCCCCCCCCC(=O)O)C(=O)OCC(O)CO.O=C(O)CCCCC(=O)O. The number of unbranched alkanes of at least 4 members (excludes halogenated alkanes) is 16. The number of aliphatic hydroxyl groups excluding tert-OH is 2. The van der Waals surface area contributed by atoms with E-state index in [1.54, 1.807) is 0 Å². The minimum atomic E-state index is -0.999. The molecule has 0 spiro atoms. The van der Waals surface area contributed by atoms with Gasteiger partial charge in [0.05, 0.1) is 12.0 Å².